The quantitative estimate of drug-likeness (QED) is 0.893. The van der Waals surface area contributed by atoms with Crippen molar-refractivity contribution in [3.63, 3.8) is 0 Å². The molecule has 0 bridgehead atoms. The molecule has 1 aromatic heterocycles. The second kappa shape index (κ2) is 5.91. The van der Waals surface area contributed by atoms with E-state index in [-0.39, 0.29) is 0 Å². The fraction of sp³-hybridized carbons (Fsp3) is 0.500. The lowest BCUT2D eigenvalue weighted by molar-refractivity contribution is 0.397. The summed E-state index contributed by atoms with van der Waals surface area (Å²) < 4.78 is 5.08. The molecule has 92 valence electrons. The van der Waals surface area contributed by atoms with E-state index in [4.69, 9.17) is 4.74 Å². The van der Waals surface area contributed by atoms with Crippen LogP contribution in [0.5, 0.6) is 5.88 Å². The topological polar surface area (TPSA) is 46.5 Å². The lowest BCUT2D eigenvalue weighted by Gasteiger charge is -2.21. The molecule has 4 nitrogen and oxygen atoms in total. The van der Waals surface area contributed by atoms with Crippen molar-refractivity contribution in [2.24, 2.45) is 4.99 Å². The third-order valence-electron chi connectivity index (χ3n) is 2.57. The van der Waals surface area contributed by atoms with Gasteiger partial charge in [-0.1, -0.05) is 11.8 Å². The molecule has 0 aliphatic carbocycles. The normalized spacial score (nSPS) is 22.2. The molecule has 2 rings (SSSR count). The molecule has 5 heteroatoms. The van der Waals surface area contributed by atoms with Crippen LogP contribution in [0.15, 0.2) is 23.3 Å². The van der Waals surface area contributed by atoms with Gasteiger partial charge in [0.25, 0.3) is 0 Å². The van der Waals surface area contributed by atoms with Gasteiger partial charge in [-0.3, -0.25) is 4.99 Å². The van der Waals surface area contributed by atoms with Crippen LogP contribution in [0.3, 0.4) is 0 Å². The van der Waals surface area contributed by atoms with Crippen LogP contribution in [0.1, 0.15) is 18.9 Å². The fourth-order valence-electron chi connectivity index (χ4n) is 1.57. The molecule has 0 aromatic carbocycles. The number of methoxy groups -OCH3 is 1. The summed E-state index contributed by atoms with van der Waals surface area (Å²) in [4.78, 5) is 8.64. The number of rotatable bonds is 3. The summed E-state index contributed by atoms with van der Waals surface area (Å²) in [5.74, 6) is 1.78. The average molecular weight is 251 g/mol. The van der Waals surface area contributed by atoms with Crippen molar-refractivity contribution in [2.45, 2.75) is 25.9 Å². The van der Waals surface area contributed by atoms with Crippen molar-refractivity contribution >= 4 is 16.9 Å². The standard InChI is InChI=1S/C12H17N3OS/c1-9-4-6-17-12(15-9)14-8-10-3-5-13-11(7-10)16-2/h3,5,7,9H,4,6,8H2,1-2H3,(H,14,15). The number of ether oxygens (including phenoxy) is 1. The Hall–Kier alpha value is -1.23. The van der Waals surface area contributed by atoms with Gasteiger partial charge in [-0.15, -0.1) is 0 Å². The van der Waals surface area contributed by atoms with Crippen LogP contribution in [0.4, 0.5) is 0 Å². The molecule has 0 saturated carbocycles. The van der Waals surface area contributed by atoms with Crippen molar-refractivity contribution in [1.82, 2.24) is 10.3 Å². The van der Waals surface area contributed by atoms with Gasteiger partial charge in [0.15, 0.2) is 5.17 Å². The zero-order valence-corrected chi connectivity index (χ0v) is 11.0. The SMILES string of the molecule is COc1cc(CN=C2NC(C)CCS2)ccn1. The molecule has 1 saturated heterocycles. The molecule has 1 aliphatic rings. The second-order valence-corrected chi connectivity index (χ2v) is 5.09. The van der Waals surface area contributed by atoms with E-state index < -0.39 is 0 Å². The third-order valence-corrected chi connectivity index (χ3v) is 3.53. The lowest BCUT2D eigenvalue weighted by Crippen LogP contribution is -2.35. The van der Waals surface area contributed by atoms with Crippen LogP contribution in [0, 0.1) is 0 Å². The van der Waals surface area contributed by atoms with Crippen LogP contribution < -0.4 is 10.1 Å². The molecule has 1 N–H and O–H groups in total. The zero-order chi connectivity index (χ0) is 12.1. The van der Waals surface area contributed by atoms with Crippen LogP contribution in [0.25, 0.3) is 0 Å². The van der Waals surface area contributed by atoms with Gasteiger partial charge >= 0.3 is 0 Å². The molecule has 1 atom stereocenters. The maximum atomic E-state index is 5.08. The first kappa shape index (κ1) is 12.2. The van der Waals surface area contributed by atoms with E-state index in [2.05, 4.69) is 22.2 Å². The van der Waals surface area contributed by atoms with Gasteiger partial charge < -0.3 is 10.1 Å². The number of thioether (sulfide) groups is 1. The lowest BCUT2D eigenvalue weighted by atomic mass is 10.2. The first-order valence-corrected chi connectivity index (χ1v) is 6.69. The maximum absolute atomic E-state index is 5.08. The molecule has 17 heavy (non-hydrogen) atoms. The van der Waals surface area contributed by atoms with Gasteiger partial charge in [-0.05, 0) is 25.0 Å². The maximum Gasteiger partial charge on any atom is 0.213 e. The number of amidine groups is 1. The van der Waals surface area contributed by atoms with Crippen molar-refractivity contribution in [3.05, 3.63) is 23.9 Å². The minimum atomic E-state index is 0.530. The number of aliphatic imine (C=N–C) groups is 1. The monoisotopic (exact) mass is 251 g/mol. The average Bonchev–Trinajstić information content (AvgIpc) is 2.37. The Morgan fingerprint density at radius 3 is 3.29 bits per heavy atom. The van der Waals surface area contributed by atoms with Crippen LogP contribution in [-0.2, 0) is 6.54 Å². The molecular formula is C12H17N3OS. The molecule has 2 heterocycles. The number of pyridine rings is 1. The third kappa shape index (κ3) is 3.63. The highest BCUT2D eigenvalue weighted by Crippen LogP contribution is 2.15. The summed E-state index contributed by atoms with van der Waals surface area (Å²) >= 11 is 1.79. The van der Waals surface area contributed by atoms with Crippen molar-refractivity contribution in [2.75, 3.05) is 12.9 Å². The highest BCUT2D eigenvalue weighted by Gasteiger charge is 2.12. The minimum absolute atomic E-state index is 0.530. The van der Waals surface area contributed by atoms with Gasteiger partial charge in [0.2, 0.25) is 5.88 Å². The molecule has 1 unspecified atom stereocenters. The Labute approximate surface area is 106 Å². The van der Waals surface area contributed by atoms with E-state index in [9.17, 15) is 0 Å². The van der Waals surface area contributed by atoms with Crippen molar-refractivity contribution in [3.8, 4) is 5.88 Å². The van der Waals surface area contributed by atoms with Gasteiger partial charge in [0.05, 0.1) is 13.7 Å². The van der Waals surface area contributed by atoms with Gasteiger partial charge in [0, 0.05) is 24.1 Å². The summed E-state index contributed by atoms with van der Waals surface area (Å²) in [6.07, 6.45) is 2.95. The fourth-order valence-corrected chi connectivity index (χ4v) is 2.68. The van der Waals surface area contributed by atoms with Gasteiger partial charge in [-0.25, -0.2) is 4.98 Å². The summed E-state index contributed by atoms with van der Waals surface area (Å²) in [6, 6.07) is 4.41. The number of hydrogen-bond donors (Lipinski definition) is 1. The molecular weight excluding hydrogens is 234 g/mol. The highest BCUT2D eigenvalue weighted by molar-refractivity contribution is 8.13. The summed E-state index contributed by atoms with van der Waals surface area (Å²) in [7, 11) is 1.62. The summed E-state index contributed by atoms with van der Waals surface area (Å²) in [5, 5.41) is 4.42. The van der Waals surface area contributed by atoms with Crippen LogP contribution in [-0.4, -0.2) is 29.1 Å². The second-order valence-electron chi connectivity index (χ2n) is 4.01. The van der Waals surface area contributed by atoms with Crippen molar-refractivity contribution in [1.29, 1.82) is 0 Å². The number of nitrogens with one attached hydrogen (secondary N) is 1. The Morgan fingerprint density at radius 1 is 1.65 bits per heavy atom. The van der Waals surface area contributed by atoms with E-state index in [1.807, 2.05) is 12.1 Å². The summed E-state index contributed by atoms with van der Waals surface area (Å²) in [5.41, 5.74) is 1.12. The number of aromatic nitrogens is 1. The van der Waals surface area contributed by atoms with Gasteiger partial charge in [0.1, 0.15) is 0 Å². The summed E-state index contributed by atoms with van der Waals surface area (Å²) in [6.45, 7) is 2.85. The Kier molecular flexibility index (Phi) is 4.25. The van der Waals surface area contributed by atoms with Crippen molar-refractivity contribution < 1.29 is 4.74 Å². The molecule has 1 fully saturated rings. The van der Waals surface area contributed by atoms with E-state index in [0.717, 1.165) is 16.5 Å². The zero-order valence-electron chi connectivity index (χ0n) is 10.1. The minimum Gasteiger partial charge on any atom is -0.481 e. The molecule has 0 amide bonds. The molecule has 0 radical (unpaired) electrons. The molecule has 1 aliphatic heterocycles. The number of hydrogen-bond acceptors (Lipinski definition) is 4. The first-order valence-electron chi connectivity index (χ1n) is 5.70. The highest BCUT2D eigenvalue weighted by atomic mass is 32.2. The Bertz CT molecular complexity index is 408. The van der Waals surface area contributed by atoms with Crippen LogP contribution >= 0.6 is 11.8 Å². The predicted octanol–water partition coefficient (Wildman–Crippen LogP) is 2.06. The Morgan fingerprint density at radius 2 is 2.53 bits per heavy atom. The molecule has 0 spiro atoms. The largest absolute Gasteiger partial charge is 0.481 e. The Balaban J connectivity index is 1.98. The number of nitrogens with zero attached hydrogens (tertiary/aromatic N) is 2. The molecule has 1 aromatic rings. The van der Waals surface area contributed by atoms with E-state index in [1.54, 1.807) is 25.1 Å². The van der Waals surface area contributed by atoms with E-state index in [0.29, 0.717) is 18.5 Å². The van der Waals surface area contributed by atoms with E-state index >= 15 is 0 Å². The van der Waals surface area contributed by atoms with Crippen LogP contribution in [0.2, 0.25) is 0 Å². The smallest absolute Gasteiger partial charge is 0.213 e. The predicted molar refractivity (Wildman–Crippen MR) is 71.6 cm³/mol. The van der Waals surface area contributed by atoms with Gasteiger partial charge in [-0.2, -0.15) is 0 Å². The first-order chi connectivity index (χ1) is 8.28. The van der Waals surface area contributed by atoms with E-state index in [1.165, 1.54) is 6.42 Å².